The van der Waals surface area contributed by atoms with Crippen molar-refractivity contribution in [2.24, 2.45) is 0 Å². The molecule has 138 valence electrons. The van der Waals surface area contributed by atoms with Crippen molar-refractivity contribution in [1.82, 2.24) is 0 Å². The predicted octanol–water partition coefficient (Wildman–Crippen LogP) is 0.239. The highest BCUT2D eigenvalue weighted by molar-refractivity contribution is 7.87. The molecule has 1 heterocycles. The first-order chi connectivity index (χ1) is 11.1. The summed E-state index contributed by atoms with van der Waals surface area (Å²) < 4.78 is 74.3. The molecule has 0 aromatic heterocycles. The van der Waals surface area contributed by atoms with E-state index in [1.807, 2.05) is 0 Å². The van der Waals surface area contributed by atoms with Gasteiger partial charge >= 0.3 is 27.3 Å². The van der Waals surface area contributed by atoms with Crippen LogP contribution < -0.4 is 0 Å². The van der Waals surface area contributed by atoms with Gasteiger partial charge in [-0.2, -0.15) is 17.2 Å². The van der Waals surface area contributed by atoms with E-state index in [9.17, 15) is 26.8 Å². The molecule has 1 aliphatic heterocycles. The first-order valence-electron chi connectivity index (χ1n) is 7.05. The minimum absolute atomic E-state index is 0.202. The Balaban J connectivity index is 1.72. The number of halogens is 2. The number of esters is 2. The highest BCUT2D eigenvalue weighted by Crippen LogP contribution is 2.39. The van der Waals surface area contributed by atoms with Crippen LogP contribution in [0.3, 0.4) is 0 Å². The fourth-order valence-electron chi connectivity index (χ4n) is 2.42. The van der Waals surface area contributed by atoms with Crippen molar-refractivity contribution in [3.05, 3.63) is 0 Å². The standard InChI is InChI=1S/C12H16F2O9S/c13-12(14,24(17,18)19)10(16)21-7-9(15)20-5-8-6-22-11(23-8)3-1-2-4-11/h8H,1-7H2,(H,17,18,19). The smallest absolute Gasteiger partial charge is 0.460 e. The van der Waals surface area contributed by atoms with E-state index in [0.29, 0.717) is 0 Å². The molecule has 0 amide bonds. The first kappa shape index (κ1) is 19.0. The number of rotatable bonds is 6. The van der Waals surface area contributed by atoms with E-state index < -0.39 is 45.8 Å². The summed E-state index contributed by atoms with van der Waals surface area (Å²) in [6.45, 7) is -1.26. The van der Waals surface area contributed by atoms with Crippen molar-refractivity contribution in [1.29, 1.82) is 0 Å². The lowest BCUT2D eigenvalue weighted by molar-refractivity contribution is -0.177. The second-order valence-electron chi connectivity index (χ2n) is 5.42. The Morgan fingerprint density at radius 1 is 1.25 bits per heavy atom. The molecule has 1 saturated carbocycles. The third kappa shape index (κ3) is 4.18. The van der Waals surface area contributed by atoms with Gasteiger partial charge in [-0.3, -0.25) is 4.55 Å². The average molecular weight is 374 g/mol. The molecule has 1 spiro atoms. The molecule has 0 aromatic rings. The molecular formula is C12H16F2O9S. The number of hydrogen-bond acceptors (Lipinski definition) is 8. The number of alkyl halides is 2. The van der Waals surface area contributed by atoms with Crippen LogP contribution in [-0.4, -0.2) is 61.9 Å². The van der Waals surface area contributed by atoms with E-state index in [-0.39, 0.29) is 13.2 Å². The molecule has 0 aromatic carbocycles. The maximum atomic E-state index is 12.9. The van der Waals surface area contributed by atoms with Gasteiger partial charge in [-0.1, -0.05) is 0 Å². The SMILES string of the molecule is O=C(COC(=O)C(F)(F)S(=O)(=O)O)OCC1COC2(CCCC2)O1. The topological polar surface area (TPSA) is 125 Å². The van der Waals surface area contributed by atoms with Crippen molar-refractivity contribution in [2.45, 2.75) is 42.8 Å². The molecule has 1 atom stereocenters. The van der Waals surface area contributed by atoms with Crippen molar-refractivity contribution < 1.29 is 50.3 Å². The van der Waals surface area contributed by atoms with E-state index in [1.165, 1.54) is 0 Å². The molecule has 1 N–H and O–H groups in total. The number of hydrogen-bond donors (Lipinski definition) is 1. The summed E-state index contributed by atoms with van der Waals surface area (Å²) in [7, 11) is -5.98. The van der Waals surface area contributed by atoms with Crippen LogP contribution in [0.2, 0.25) is 0 Å². The number of carbonyl (C=O) groups is 2. The molecule has 2 aliphatic rings. The van der Waals surface area contributed by atoms with Crippen molar-refractivity contribution >= 4 is 22.1 Å². The Bertz CT molecular complexity index is 598. The van der Waals surface area contributed by atoms with E-state index in [1.54, 1.807) is 0 Å². The highest BCUT2D eigenvalue weighted by atomic mass is 32.2. The maximum absolute atomic E-state index is 12.9. The van der Waals surface area contributed by atoms with Gasteiger partial charge in [0.2, 0.25) is 0 Å². The van der Waals surface area contributed by atoms with Gasteiger partial charge in [0, 0.05) is 12.8 Å². The highest BCUT2D eigenvalue weighted by Gasteiger charge is 2.54. The summed E-state index contributed by atoms with van der Waals surface area (Å²) in [5.74, 6) is -4.40. The molecule has 12 heteroatoms. The molecule has 1 aliphatic carbocycles. The Morgan fingerprint density at radius 2 is 1.88 bits per heavy atom. The van der Waals surface area contributed by atoms with Gasteiger partial charge in [0.15, 0.2) is 12.4 Å². The largest absolute Gasteiger partial charge is 0.465 e. The normalized spacial score (nSPS) is 23.4. The maximum Gasteiger partial charge on any atom is 0.465 e. The lowest BCUT2D eigenvalue weighted by Gasteiger charge is -2.21. The Morgan fingerprint density at radius 3 is 2.46 bits per heavy atom. The monoisotopic (exact) mass is 374 g/mol. The zero-order valence-electron chi connectivity index (χ0n) is 12.4. The van der Waals surface area contributed by atoms with Gasteiger partial charge in [0.05, 0.1) is 6.61 Å². The zero-order valence-corrected chi connectivity index (χ0v) is 13.2. The predicted molar refractivity (Wildman–Crippen MR) is 70.4 cm³/mol. The number of carbonyl (C=O) groups excluding carboxylic acids is 2. The molecule has 9 nitrogen and oxygen atoms in total. The fraction of sp³-hybridized carbons (Fsp3) is 0.833. The molecular weight excluding hydrogens is 358 g/mol. The van der Waals surface area contributed by atoms with E-state index in [2.05, 4.69) is 4.74 Å². The van der Waals surface area contributed by atoms with E-state index in [0.717, 1.165) is 25.7 Å². The molecule has 2 rings (SSSR count). The van der Waals surface area contributed by atoms with Gasteiger partial charge in [-0.25, -0.2) is 9.59 Å². The van der Waals surface area contributed by atoms with Crippen LogP contribution in [0.5, 0.6) is 0 Å². The van der Waals surface area contributed by atoms with Gasteiger partial charge in [0.25, 0.3) is 0 Å². The summed E-state index contributed by atoms with van der Waals surface area (Å²) >= 11 is 0. The third-order valence-corrected chi connectivity index (χ3v) is 4.41. The van der Waals surface area contributed by atoms with Crippen molar-refractivity contribution in [3.8, 4) is 0 Å². The third-order valence-electron chi connectivity index (χ3n) is 3.59. The summed E-state index contributed by atoms with van der Waals surface area (Å²) in [4.78, 5) is 22.2. The fourth-order valence-corrected chi connectivity index (χ4v) is 2.69. The second kappa shape index (κ2) is 6.86. The van der Waals surface area contributed by atoms with Crippen LogP contribution in [0.25, 0.3) is 0 Å². The van der Waals surface area contributed by atoms with Crippen LogP contribution in [0.15, 0.2) is 0 Å². The lowest BCUT2D eigenvalue weighted by Crippen LogP contribution is -2.40. The van der Waals surface area contributed by atoms with Gasteiger partial charge in [-0.05, 0) is 12.8 Å². The van der Waals surface area contributed by atoms with Gasteiger partial charge in [-0.15, -0.1) is 0 Å². The first-order valence-corrected chi connectivity index (χ1v) is 8.49. The number of ether oxygens (including phenoxy) is 4. The van der Waals surface area contributed by atoms with E-state index in [4.69, 9.17) is 18.8 Å². The van der Waals surface area contributed by atoms with Crippen LogP contribution in [0.1, 0.15) is 25.7 Å². The zero-order chi connectivity index (χ0) is 18.0. The van der Waals surface area contributed by atoms with Crippen molar-refractivity contribution in [2.75, 3.05) is 19.8 Å². The summed E-state index contributed by atoms with van der Waals surface area (Å²) in [6, 6.07) is 0. The van der Waals surface area contributed by atoms with Gasteiger partial charge < -0.3 is 18.9 Å². The van der Waals surface area contributed by atoms with Crippen molar-refractivity contribution in [3.63, 3.8) is 0 Å². The molecule has 24 heavy (non-hydrogen) atoms. The summed E-state index contributed by atoms with van der Waals surface area (Å²) in [5.41, 5.74) is 0. The quantitative estimate of drug-likeness (QED) is 0.514. The minimum atomic E-state index is -5.98. The summed E-state index contributed by atoms with van der Waals surface area (Å²) in [6.07, 6.45) is 2.87. The Labute approximate surface area is 135 Å². The lowest BCUT2D eigenvalue weighted by atomic mass is 10.2. The minimum Gasteiger partial charge on any atom is -0.460 e. The Kier molecular flexibility index (Phi) is 5.42. The molecule has 2 fully saturated rings. The van der Waals surface area contributed by atoms with E-state index >= 15 is 0 Å². The Hall–Kier alpha value is -1.37. The van der Waals surface area contributed by atoms with Gasteiger partial charge in [0.1, 0.15) is 12.7 Å². The second-order valence-corrected chi connectivity index (χ2v) is 6.88. The van der Waals surface area contributed by atoms with Crippen LogP contribution in [0, 0.1) is 0 Å². The average Bonchev–Trinajstić information content (AvgIpc) is 3.11. The summed E-state index contributed by atoms with van der Waals surface area (Å²) in [5, 5.41) is -5.16. The molecule has 0 bridgehead atoms. The molecule has 0 radical (unpaired) electrons. The van der Waals surface area contributed by atoms with Crippen LogP contribution in [-0.2, 0) is 38.7 Å². The molecule has 1 unspecified atom stereocenters. The van der Waals surface area contributed by atoms with Crippen LogP contribution >= 0.6 is 0 Å². The molecule has 1 saturated heterocycles. The van der Waals surface area contributed by atoms with Crippen LogP contribution in [0.4, 0.5) is 8.78 Å².